The van der Waals surface area contributed by atoms with Crippen LogP contribution in [0, 0.1) is 0 Å². The van der Waals surface area contributed by atoms with Crippen molar-refractivity contribution in [2.75, 3.05) is 0 Å². The van der Waals surface area contributed by atoms with E-state index in [-0.39, 0.29) is 5.56 Å². The number of thioether (sulfide) groups is 1. The first-order valence-electron chi connectivity index (χ1n) is 3.92. The molecule has 1 aliphatic rings. The summed E-state index contributed by atoms with van der Waals surface area (Å²) in [5.74, 6) is -0.428. The van der Waals surface area contributed by atoms with Crippen LogP contribution in [-0.2, 0) is 0 Å². The lowest BCUT2D eigenvalue weighted by molar-refractivity contribution is 0.461. The topological polar surface area (TPSA) is 54.4 Å². The molecule has 1 aliphatic heterocycles. The summed E-state index contributed by atoms with van der Waals surface area (Å²) < 4.78 is 0. The maximum Gasteiger partial charge on any atom is 0.268 e. The lowest BCUT2D eigenvalue weighted by Crippen LogP contribution is -2.32. The van der Waals surface area contributed by atoms with E-state index in [1.54, 1.807) is 12.2 Å². The fraction of sp³-hybridized carbons (Fsp3) is 0. The van der Waals surface area contributed by atoms with Crippen LogP contribution in [-0.4, -0.2) is 5.11 Å². The molecule has 1 aromatic carbocycles. The fourth-order valence-electron chi connectivity index (χ4n) is 1.13. The number of allylic oxidation sites excluding steroid dienone is 3. The number of hydrogen-bond acceptors (Lipinski definition) is 4. The Hall–Kier alpha value is -1.55. The summed E-state index contributed by atoms with van der Waals surface area (Å²) in [4.78, 5) is 21.7. The van der Waals surface area contributed by atoms with E-state index in [4.69, 9.17) is 5.11 Å². The van der Waals surface area contributed by atoms with Crippen LogP contribution in [0.2, 0.25) is 0 Å². The van der Waals surface area contributed by atoms with Crippen molar-refractivity contribution in [1.82, 2.24) is 0 Å². The molecule has 0 saturated heterocycles. The van der Waals surface area contributed by atoms with Crippen molar-refractivity contribution in [3.8, 4) is 5.75 Å². The molecule has 0 radical (unpaired) electrons. The molecule has 0 atom stereocenters. The first kappa shape index (κ1) is 9.02. The molecule has 2 rings (SSSR count). The van der Waals surface area contributed by atoms with Crippen molar-refractivity contribution in [3.63, 3.8) is 0 Å². The van der Waals surface area contributed by atoms with Crippen LogP contribution in [0.3, 0.4) is 0 Å². The second-order valence-electron chi connectivity index (χ2n) is 2.81. The van der Waals surface area contributed by atoms with E-state index < -0.39 is 16.6 Å². The molecule has 3 nitrogen and oxygen atoms in total. The predicted octanol–water partition coefficient (Wildman–Crippen LogP) is 1.15. The van der Waals surface area contributed by atoms with Gasteiger partial charge in [-0.15, -0.1) is 11.8 Å². The highest BCUT2D eigenvalue weighted by Gasteiger charge is 2.17. The van der Waals surface area contributed by atoms with E-state index in [0.717, 1.165) is 5.57 Å². The number of aromatic hydroxyl groups is 1. The Morgan fingerprint density at radius 2 is 1.79 bits per heavy atom. The first-order chi connectivity index (χ1) is 6.70. The minimum Gasteiger partial charge on any atom is -0.504 e. The third-order valence-corrected chi connectivity index (χ3v) is 2.50. The lowest BCUT2D eigenvalue weighted by Gasteiger charge is -2.02. The Bertz CT molecular complexity index is 514. The van der Waals surface area contributed by atoms with Gasteiger partial charge in [-0.2, -0.15) is 0 Å². The van der Waals surface area contributed by atoms with Crippen LogP contribution in [0.25, 0.3) is 6.08 Å². The lowest BCUT2D eigenvalue weighted by atomic mass is 10.1. The summed E-state index contributed by atoms with van der Waals surface area (Å²) in [5, 5.41) is 12.8. The third-order valence-electron chi connectivity index (χ3n) is 1.91. The highest BCUT2D eigenvalue weighted by molar-refractivity contribution is 8.04. The molecule has 0 amide bonds. The molecular weight excluding hydrogens is 200 g/mol. The second-order valence-corrected chi connectivity index (χ2v) is 3.62. The van der Waals surface area contributed by atoms with Crippen LogP contribution >= 0.6 is 11.8 Å². The average molecular weight is 206 g/mol. The van der Waals surface area contributed by atoms with Gasteiger partial charge in [0.1, 0.15) is 0 Å². The van der Waals surface area contributed by atoms with Crippen LogP contribution in [0.15, 0.2) is 38.1 Å². The summed E-state index contributed by atoms with van der Waals surface area (Å²) in [5.41, 5.74) is -0.512. The quantitative estimate of drug-likeness (QED) is 0.700. The van der Waals surface area contributed by atoms with Crippen molar-refractivity contribution in [1.29, 1.82) is 0 Å². The van der Waals surface area contributed by atoms with E-state index in [2.05, 4.69) is 0 Å². The van der Waals surface area contributed by atoms with Crippen molar-refractivity contribution >= 4 is 17.8 Å². The van der Waals surface area contributed by atoms with Gasteiger partial charge >= 0.3 is 0 Å². The van der Waals surface area contributed by atoms with Gasteiger partial charge in [0.15, 0.2) is 5.75 Å². The third kappa shape index (κ3) is 1.33. The summed E-state index contributed by atoms with van der Waals surface area (Å²) in [6, 6.07) is 0. The zero-order valence-corrected chi connectivity index (χ0v) is 7.88. The summed E-state index contributed by atoms with van der Waals surface area (Å²) in [6.07, 6.45) is 5.12. The number of hydrogen-bond donors (Lipinski definition) is 1. The van der Waals surface area contributed by atoms with Gasteiger partial charge < -0.3 is 5.11 Å². The van der Waals surface area contributed by atoms with Gasteiger partial charge in [-0.1, -0.05) is 0 Å². The minimum atomic E-state index is -0.796. The van der Waals surface area contributed by atoms with E-state index in [9.17, 15) is 9.59 Å². The number of rotatable bonds is 1. The molecule has 0 aliphatic carbocycles. The molecule has 70 valence electrons. The van der Waals surface area contributed by atoms with Gasteiger partial charge in [0, 0.05) is 0 Å². The maximum absolute atomic E-state index is 11.0. The van der Waals surface area contributed by atoms with Crippen molar-refractivity contribution < 1.29 is 5.11 Å². The molecule has 4 heteroatoms. The molecule has 14 heavy (non-hydrogen) atoms. The predicted molar refractivity (Wildman–Crippen MR) is 56.9 cm³/mol. The van der Waals surface area contributed by atoms with Crippen LogP contribution in [0.1, 0.15) is 5.56 Å². The van der Waals surface area contributed by atoms with E-state index in [1.165, 1.54) is 17.8 Å². The van der Waals surface area contributed by atoms with E-state index >= 15 is 0 Å². The Morgan fingerprint density at radius 1 is 1.14 bits per heavy atom. The second kappa shape index (κ2) is 3.31. The Labute approximate surface area is 83.8 Å². The molecule has 0 saturated carbocycles. The van der Waals surface area contributed by atoms with Crippen LogP contribution in [0.5, 0.6) is 5.75 Å². The van der Waals surface area contributed by atoms with Crippen molar-refractivity contribution in [2.45, 2.75) is 0 Å². The highest BCUT2D eigenvalue weighted by atomic mass is 32.2. The summed E-state index contributed by atoms with van der Waals surface area (Å²) in [7, 11) is 0. The molecule has 0 bridgehead atoms. The average Bonchev–Trinajstić information content (AvgIpc) is 2.26. The Kier molecular flexibility index (Phi) is 2.13. The van der Waals surface area contributed by atoms with Gasteiger partial charge in [0.25, 0.3) is 5.43 Å². The largest absolute Gasteiger partial charge is 0.504 e. The van der Waals surface area contributed by atoms with Gasteiger partial charge in [0.05, 0.1) is 5.56 Å². The Balaban J connectivity index is 2.40. The molecule has 0 spiro atoms. The molecule has 0 aromatic heterocycles. The van der Waals surface area contributed by atoms with Crippen LogP contribution in [0.4, 0.5) is 0 Å². The Morgan fingerprint density at radius 3 is 2.36 bits per heavy atom. The summed E-state index contributed by atoms with van der Waals surface area (Å²) >= 11 is 1.52. The van der Waals surface area contributed by atoms with Gasteiger partial charge in [-0.3, -0.25) is 9.59 Å². The van der Waals surface area contributed by atoms with E-state index in [0.29, 0.717) is 0 Å². The zero-order valence-electron chi connectivity index (χ0n) is 7.06. The normalized spacial score (nSPS) is 15.0. The highest BCUT2D eigenvalue weighted by Crippen LogP contribution is 2.20. The van der Waals surface area contributed by atoms with Gasteiger partial charge in [-0.25, -0.2) is 0 Å². The molecule has 1 N–H and O–H groups in total. The minimum absolute atomic E-state index is 0.103. The SMILES string of the molecule is O=c1c(O)c(C=C2C=CSC=C2)c1=O. The standard InChI is InChI=1S/C10H6O3S/c11-8-7(9(12)10(8)13)5-6-1-3-14-4-2-6/h1-5,11H. The summed E-state index contributed by atoms with van der Waals surface area (Å²) in [6.45, 7) is 0. The fourth-order valence-corrected chi connectivity index (χ4v) is 1.69. The zero-order chi connectivity index (χ0) is 10.1. The first-order valence-corrected chi connectivity index (χ1v) is 4.87. The molecule has 0 unspecified atom stereocenters. The molecular formula is C10H6O3S. The van der Waals surface area contributed by atoms with E-state index in [1.807, 2.05) is 10.8 Å². The molecule has 1 heterocycles. The van der Waals surface area contributed by atoms with Crippen molar-refractivity contribution in [3.05, 3.63) is 54.6 Å². The van der Waals surface area contributed by atoms with Gasteiger partial charge in [-0.05, 0) is 34.6 Å². The molecule has 0 fully saturated rings. The maximum atomic E-state index is 11.0. The van der Waals surface area contributed by atoms with Crippen LogP contribution < -0.4 is 10.9 Å². The van der Waals surface area contributed by atoms with Gasteiger partial charge in [0.2, 0.25) is 5.43 Å². The monoisotopic (exact) mass is 206 g/mol. The smallest absolute Gasteiger partial charge is 0.268 e. The molecule has 1 aromatic rings. The van der Waals surface area contributed by atoms with Crippen molar-refractivity contribution in [2.24, 2.45) is 0 Å².